The Hall–Kier alpha value is -1.55. The maximum absolute atomic E-state index is 10.4. The number of hydrogen-bond donors (Lipinski definition) is 2. The van der Waals surface area contributed by atoms with Gasteiger partial charge in [0.05, 0.1) is 6.61 Å². The van der Waals surface area contributed by atoms with E-state index in [1.807, 2.05) is 18.2 Å². The van der Waals surface area contributed by atoms with Gasteiger partial charge in [-0.15, -0.1) is 0 Å². The van der Waals surface area contributed by atoms with Crippen LogP contribution in [0.1, 0.15) is 12.0 Å². The molecule has 1 aromatic carbocycles. The Balaban J connectivity index is 2.63. The summed E-state index contributed by atoms with van der Waals surface area (Å²) in [6.07, 6.45) is 0.524. The number of aliphatic carboxylic acids is 1. The van der Waals surface area contributed by atoms with Gasteiger partial charge < -0.3 is 14.9 Å². The largest absolute Gasteiger partial charge is 0.491 e. The molecule has 82 valence electrons. The van der Waals surface area contributed by atoms with Gasteiger partial charge in [-0.25, -0.2) is 0 Å². The highest BCUT2D eigenvalue weighted by Gasteiger charge is 2.04. The van der Waals surface area contributed by atoms with Crippen LogP contribution in [0.5, 0.6) is 5.75 Å². The molecule has 0 radical (unpaired) electrons. The Labute approximate surface area is 88.1 Å². The molecule has 1 aromatic rings. The van der Waals surface area contributed by atoms with E-state index < -0.39 is 5.97 Å². The number of aryl methyl sites for hydroxylation is 1. The first-order valence-corrected chi connectivity index (χ1v) is 4.77. The maximum Gasteiger partial charge on any atom is 0.303 e. The van der Waals surface area contributed by atoms with E-state index in [1.165, 1.54) is 0 Å². The Morgan fingerprint density at radius 2 is 2.07 bits per heavy atom. The fourth-order valence-electron chi connectivity index (χ4n) is 1.25. The van der Waals surface area contributed by atoms with Gasteiger partial charge in [0, 0.05) is 6.42 Å². The van der Waals surface area contributed by atoms with Gasteiger partial charge in [-0.2, -0.15) is 0 Å². The van der Waals surface area contributed by atoms with Crippen LogP contribution in [-0.2, 0) is 11.2 Å². The summed E-state index contributed by atoms with van der Waals surface area (Å²) in [5, 5.41) is 17.2. The number of rotatable bonds is 6. The molecule has 0 unspecified atom stereocenters. The van der Waals surface area contributed by atoms with Crippen LogP contribution >= 0.6 is 0 Å². The Bertz CT molecular complexity index is 322. The van der Waals surface area contributed by atoms with Crippen molar-refractivity contribution in [3.05, 3.63) is 29.8 Å². The first kappa shape index (κ1) is 11.5. The van der Waals surface area contributed by atoms with Gasteiger partial charge in [0.2, 0.25) is 0 Å². The number of ether oxygens (including phenoxy) is 1. The van der Waals surface area contributed by atoms with Gasteiger partial charge in [0.1, 0.15) is 12.4 Å². The molecular weight excluding hydrogens is 196 g/mol. The van der Waals surface area contributed by atoms with Crippen LogP contribution in [0.3, 0.4) is 0 Å². The van der Waals surface area contributed by atoms with Crippen molar-refractivity contribution in [2.45, 2.75) is 12.8 Å². The molecule has 0 spiro atoms. The number of aliphatic hydroxyl groups excluding tert-OH is 1. The predicted octanol–water partition coefficient (Wildman–Crippen LogP) is 1.07. The second-order valence-corrected chi connectivity index (χ2v) is 3.07. The maximum atomic E-state index is 10.4. The number of carbonyl (C=O) groups is 1. The summed E-state index contributed by atoms with van der Waals surface area (Å²) in [5.74, 6) is -0.181. The smallest absolute Gasteiger partial charge is 0.303 e. The number of carboxylic acid groups (broad SMARTS) is 1. The second kappa shape index (κ2) is 6.03. The highest BCUT2D eigenvalue weighted by atomic mass is 16.5. The van der Waals surface area contributed by atoms with Gasteiger partial charge in [0.15, 0.2) is 0 Å². The molecule has 0 aliphatic carbocycles. The third kappa shape index (κ3) is 3.99. The van der Waals surface area contributed by atoms with Crippen molar-refractivity contribution in [3.63, 3.8) is 0 Å². The molecule has 0 bridgehead atoms. The molecule has 15 heavy (non-hydrogen) atoms. The number of benzene rings is 1. The molecule has 0 aromatic heterocycles. The average Bonchev–Trinajstić information content (AvgIpc) is 2.24. The minimum Gasteiger partial charge on any atom is -0.491 e. The molecular formula is C11H14O4. The lowest BCUT2D eigenvalue weighted by atomic mass is 10.1. The molecule has 1 rings (SSSR count). The van der Waals surface area contributed by atoms with Gasteiger partial charge in [-0.3, -0.25) is 4.79 Å². The summed E-state index contributed by atoms with van der Waals surface area (Å²) in [7, 11) is 0. The van der Waals surface area contributed by atoms with E-state index in [0.29, 0.717) is 12.2 Å². The summed E-state index contributed by atoms with van der Waals surface area (Å²) < 4.78 is 5.28. The van der Waals surface area contributed by atoms with Crippen LogP contribution in [0.25, 0.3) is 0 Å². The molecule has 4 nitrogen and oxygen atoms in total. The van der Waals surface area contributed by atoms with Crippen LogP contribution < -0.4 is 4.74 Å². The number of para-hydroxylation sites is 1. The molecule has 0 fully saturated rings. The van der Waals surface area contributed by atoms with Crippen molar-refractivity contribution in [3.8, 4) is 5.75 Å². The summed E-state index contributed by atoms with van der Waals surface area (Å²) >= 11 is 0. The molecule has 0 saturated carbocycles. The first-order valence-electron chi connectivity index (χ1n) is 4.77. The highest BCUT2D eigenvalue weighted by Crippen LogP contribution is 2.19. The standard InChI is InChI=1S/C11H14O4/c12-7-8-15-10-4-2-1-3-9(10)5-6-11(13)14/h1-4,12H,5-8H2,(H,13,14). The van der Waals surface area contributed by atoms with Crippen molar-refractivity contribution in [1.29, 1.82) is 0 Å². The summed E-state index contributed by atoms with van der Waals surface area (Å²) in [4.78, 5) is 10.4. The van der Waals surface area contributed by atoms with E-state index in [9.17, 15) is 4.79 Å². The quantitative estimate of drug-likeness (QED) is 0.737. The fraction of sp³-hybridized carbons (Fsp3) is 0.364. The zero-order chi connectivity index (χ0) is 11.1. The van der Waals surface area contributed by atoms with Crippen LogP contribution in [0.4, 0.5) is 0 Å². The van der Waals surface area contributed by atoms with Crippen molar-refractivity contribution in [1.82, 2.24) is 0 Å². The number of carboxylic acids is 1. The minimum atomic E-state index is -0.827. The van der Waals surface area contributed by atoms with Crippen molar-refractivity contribution >= 4 is 5.97 Å². The van der Waals surface area contributed by atoms with E-state index in [-0.39, 0.29) is 19.6 Å². The highest BCUT2D eigenvalue weighted by molar-refractivity contribution is 5.67. The average molecular weight is 210 g/mol. The lowest BCUT2D eigenvalue weighted by Gasteiger charge is -2.09. The lowest BCUT2D eigenvalue weighted by Crippen LogP contribution is -2.05. The van der Waals surface area contributed by atoms with Gasteiger partial charge in [-0.05, 0) is 18.1 Å². The van der Waals surface area contributed by atoms with Crippen molar-refractivity contribution in [2.24, 2.45) is 0 Å². The Morgan fingerprint density at radius 3 is 2.73 bits per heavy atom. The fourth-order valence-corrected chi connectivity index (χ4v) is 1.25. The molecule has 0 amide bonds. The van der Waals surface area contributed by atoms with Gasteiger partial charge in [0.25, 0.3) is 0 Å². The normalized spacial score (nSPS) is 9.93. The topological polar surface area (TPSA) is 66.8 Å². The zero-order valence-electron chi connectivity index (χ0n) is 8.35. The molecule has 0 heterocycles. The van der Waals surface area contributed by atoms with Crippen LogP contribution in [0.2, 0.25) is 0 Å². The SMILES string of the molecule is O=C(O)CCc1ccccc1OCCO. The molecule has 0 saturated heterocycles. The van der Waals surface area contributed by atoms with Crippen molar-refractivity contribution < 1.29 is 19.7 Å². The monoisotopic (exact) mass is 210 g/mol. The van der Waals surface area contributed by atoms with E-state index in [1.54, 1.807) is 6.07 Å². The lowest BCUT2D eigenvalue weighted by molar-refractivity contribution is -0.136. The van der Waals surface area contributed by atoms with E-state index in [0.717, 1.165) is 5.56 Å². The summed E-state index contributed by atoms with van der Waals surface area (Å²) in [5.41, 5.74) is 0.855. The van der Waals surface area contributed by atoms with E-state index in [4.69, 9.17) is 14.9 Å². The minimum absolute atomic E-state index is 0.0483. The van der Waals surface area contributed by atoms with Gasteiger partial charge in [-0.1, -0.05) is 18.2 Å². The zero-order valence-corrected chi connectivity index (χ0v) is 8.35. The summed E-state index contributed by atoms with van der Waals surface area (Å²) in [6.45, 7) is 0.178. The Morgan fingerprint density at radius 1 is 1.33 bits per heavy atom. The molecule has 0 aliphatic heterocycles. The third-order valence-electron chi connectivity index (χ3n) is 1.93. The van der Waals surface area contributed by atoms with E-state index in [2.05, 4.69) is 0 Å². The van der Waals surface area contributed by atoms with Crippen LogP contribution in [0.15, 0.2) is 24.3 Å². The Kier molecular flexibility index (Phi) is 4.63. The molecule has 4 heteroatoms. The number of aliphatic hydroxyl groups is 1. The molecule has 0 aliphatic rings. The predicted molar refractivity (Wildman–Crippen MR) is 55.0 cm³/mol. The first-order chi connectivity index (χ1) is 7.24. The third-order valence-corrected chi connectivity index (χ3v) is 1.93. The summed E-state index contributed by atoms with van der Waals surface area (Å²) in [6, 6.07) is 7.25. The van der Waals surface area contributed by atoms with Crippen LogP contribution in [0, 0.1) is 0 Å². The second-order valence-electron chi connectivity index (χ2n) is 3.07. The molecule has 2 N–H and O–H groups in total. The number of hydrogen-bond acceptors (Lipinski definition) is 3. The van der Waals surface area contributed by atoms with E-state index >= 15 is 0 Å². The van der Waals surface area contributed by atoms with Crippen molar-refractivity contribution in [2.75, 3.05) is 13.2 Å². The van der Waals surface area contributed by atoms with Gasteiger partial charge >= 0.3 is 5.97 Å². The molecule has 0 atom stereocenters. The van der Waals surface area contributed by atoms with Crippen LogP contribution in [-0.4, -0.2) is 29.4 Å².